The summed E-state index contributed by atoms with van der Waals surface area (Å²) in [7, 11) is 0. The fourth-order valence-electron chi connectivity index (χ4n) is 0.0958. The molecule has 0 rings (SSSR count). The number of hydrogen-bond donors (Lipinski definition) is 0. The zero-order chi connectivity index (χ0) is 4.83. The van der Waals surface area contributed by atoms with Crippen LogP contribution >= 0.6 is 12.2 Å². The Morgan fingerprint density at radius 1 is 1.83 bits per heavy atom. The fourth-order valence-corrected chi connectivity index (χ4v) is 0.151. The monoisotopic (exact) mass is 101 g/mol. The third-order valence-corrected chi connectivity index (χ3v) is 0.348. The smallest absolute Gasteiger partial charge is 0.244 e. The molecular weight excluding hydrogens is 96.1 g/mol. The number of rotatable bonds is 2. The number of ether oxygens (including phenoxy) is 1. The molecule has 33 valence electrons. The average Bonchev–Trinajstić information content (AvgIpc) is 1.61. The molecular formula is C4H5OS. The van der Waals surface area contributed by atoms with Crippen molar-refractivity contribution in [3.05, 3.63) is 12.3 Å². The fraction of sp³-hybridized carbons (Fsp3) is 0.250. The van der Waals surface area contributed by atoms with E-state index in [1.165, 1.54) is 6.26 Å². The maximum Gasteiger partial charge on any atom is 0.244 e. The van der Waals surface area contributed by atoms with Gasteiger partial charge in [-0.2, -0.15) is 0 Å². The Morgan fingerprint density at radius 3 is 2.67 bits per heavy atom. The Hall–Kier alpha value is -0.370. The van der Waals surface area contributed by atoms with Crippen LogP contribution in [0.2, 0.25) is 0 Å². The lowest BCUT2D eigenvalue weighted by molar-refractivity contribution is 0.504. The summed E-state index contributed by atoms with van der Waals surface area (Å²) >= 11 is 4.19. The number of hydrogen-bond acceptors (Lipinski definition) is 2. The maximum absolute atomic E-state index is 4.37. The van der Waals surface area contributed by atoms with Gasteiger partial charge in [0.15, 0.2) is 0 Å². The van der Waals surface area contributed by atoms with Crippen LogP contribution in [0.15, 0.2) is 12.3 Å². The molecule has 0 aromatic rings. The molecule has 0 atom stereocenters. The molecule has 1 radical (unpaired) electrons. The Kier molecular flexibility index (Phi) is 4.34. The third-order valence-electron chi connectivity index (χ3n) is 0.252. The van der Waals surface area contributed by atoms with E-state index in [1.54, 1.807) is 6.08 Å². The lowest BCUT2D eigenvalue weighted by Crippen LogP contribution is -1.65. The zero-order valence-corrected chi connectivity index (χ0v) is 4.29. The van der Waals surface area contributed by atoms with Gasteiger partial charge in [-0.25, -0.2) is 0 Å². The molecule has 0 fully saturated rings. The van der Waals surface area contributed by atoms with E-state index in [0.29, 0.717) is 0 Å². The van der Waals surface area contributed by atoms with Crippen molar-refractivity contribution in [2.75, 3.05) is 0 Å². The molecule has 0 amide bonds. The van der Waals surface area contributed by atoms with Crippen molar-refractivity contribution in [2.24, 2.45) is 0 Å². The van der Waals surface area contributed by atoms with E-state index >= 15 is 0 Å². The Morgan fingerprint density at radius 2 is 2.50 bits per heavy atom. The van der Waals surface area contributed by atoms with E-state index in [4.69, 9.17) is 0 Å². The highest BCUT2D eigenvalue weighted by molar-refractivity contribution is 7.78. The van der Waals surface area contributed by atoms with Gasteiger partial charge in [-0.05, 0) is 19.1 Å². The van der Waals surface area contributed by atoms with Crippen LogP contribution in [0.1, 0.15) is 6.92 Å². The molecule has 0 unspecified atom stereocenters. The maximum atomic E-state index is 4.37. The Balaban J connectivity index is 2.85. The summed E-state index contributed by atoms with van der Waals surface area (Å²) in [6.45, 7) is 1.84. The van der Waals surface area contributed by atoms with Gasteiger partial charge in [0.25, 0.3) is 0 Å². The zero-order valence-electron chi connectivity index (χ0n) is 3.47. The summed E-state index contributed by atoms with van der Waals surface area (Å²) in [6, 6.07) is 0. The minimum Gasteiger partial charge on any atom is -0.449 e. The molecule has 0 aromatic heterocycles. The molecule has 1 nitrogen and oxygen atoms in total. The van der Waals surface area contributed by atoms with Crippen LogP contribution in [-0.4, -0.2) is 5.55 Å². The lowest BCUT2D eigenvalue weighted by Gasteiger charge is -1.75. The quantitative estimate of drug-likeness (QED) is 0.384. The lowest BCUT2D eigenvalue weighted by atomic mass is 10.7. The van der Waals surface area contributed by atoms with Crippen molar-refractivity contribution < 1.29 is 4.74 Å². The van der Waals surface area contributed by atoms with Crippen molar-refractivity contribution in [3.8, 4) is 0 Å². The van der Waals surface area contributed by atoms with Crippen LogP contribution < -0.4 is 0 Å². The topological polar surface area (TPSA) is 9.23 Å². The highest BCUT2D eigenvalue weighted by Crippen LogP contribution is 1.68. The second-order valence-corrected chi connectivity index (χ2v) is 0.837. The van der Waals surface area contributed by atoms with Gasteiger partial charge in [-0.1, -0.05) is 6.08 Å². The summed E-state index contributed by atoms with van der Waals surface area (Å²) in [6.07, 6.45) is 3.20. The molecule has 6 heavy (non-hydrogen) atoms. The average molecular weight is 101 g/mol. The summed E-state index contributed by atoms with van der Waals surface area (Å²) in [5.41, 5.74) is 2.07. The van der Waals surface area contributed by atoms with Crippen molar-refractivity contribution in [3.63, 3.8) is 0 Å². The van der Waals surface area contributed by atoms with E-state index in [0.717, 1.165) is 0 Å². The predicted octanol–water partition coefficient (Wildman–Crippen LogP) is 1.37. The van der Waals surface area contributed by atoms with Gasteiger partial charge in [-0.15, -0.1) is 0 Å². The molecule has 2 heteroatoms. The van der Waals surface area contributed by atoms with Crippen molar-refractivity contribution in [2.45, 2.75) is 6.92 Å². The summed E-state index contributed by atoms with van der Waals surface area (Å²) < 4.78 is 4.37. The molecule has 0 saturated heterocycles. The second-order valence-electron chi connectivity index (χ2n) is 0.671. The standard InChI is InChI=1S/C4H5OS/c1-2-3-5-4-6/h2-3H,1H3. The first-order chi connectivity index (χ1) is 2.91. The summed E-state index contributed by atoms with van der Waals surface area (Å²) in [5, 5.41) is 0. The van der Waals surface area contributed by atoms with Crippen molar-refractivity contribution in [1.29, 1.82) is 0 Å². The highest BCUT2D eigenvalue weighted by atomic mass is 32.1. The van der Waals surface area contributed by atoms with Gasteiger partial charge in [0.2, 0.25) is 5.55 Å². The number of thiocarbonyl (C=S) groups is 1. The molecule has 0 spiro atoms. The van der Waals surface area contributed by atoms with Gasteiger partial charge >= 0.3 is 0 Å². The second kappa shape index (κ2) is 4.63. The number of allylic oxidation sites excluding steroid dienone is 1. The molecule has 0 aliphatic carbocycles. The summed E-state index contributed by atoms with van der Waals surface area (Å²) in [5.74, 6) is 0. The SMILES string of the molecule is CC=CO[C]=S. The molecule has 0 aliphatic rings. The highest BCUT2D eigenvalue weighted by Gasteiger charge is 1.57. The minimum absolute atomic E-state index is 1.47. The van der Waals surface area contributed by atoms with E-state index in [9.17, 15) is 0 Å². The molecule has 0 saturated carbocycles. The van der Waals surface area contributed by atoms with Crippen LogP contribution in [0.5, 0.6) is 0 Å². The van der Waals surface area contributed by atoms with E-state index in [1.807, 2.05) is 6.92 Å². The predicted molar refractivity (Wildman–Crippen MR) is 28.5 cm³/mol. The molecule has 0 heterocycles. The third kappa shape index (κ3) is 3.63. The molecule has 0 aromatic carbocycles. The van der Waals surface area contributed by atoms with Gasteiger partial charge in [0.1, 0.15) is 0 Å². The van der Waals surface area contributed by atoms with Gasteiger partial charge < -0.3 is 4.74 Å². The van der Waals surface area contributed by atoms with Crippen molar-refractivity contribution >= 4 is 17.8 Å². The Bertz CT molecular complexity index is 58.6. The molecule has 0 bridgehead atoms. The normalized spacial score (nSPS) is 8.83. The van der Waals surface area contributed by atoms with Crippen LogP contribution in [0.25, 0.3) is 0 Å². The van der Waals surface area contributed by atoms with Crippen LogP contribution in [0.4, 0.5) is 0 Å². The van der Waals surface area contributed by atoms with Crippen molar-refractivity contribution in [1.82, 2.24) is 0 Å². The van der Waals surface area contributed by atoms with Crippen LogP contribution in [0.3, 0.4) is 0 Å². The van der Waals surface area contributed by atoms with Gasteiger partial charge in [0, 0.05) is 0 Å². The first kappa shape index (κ1) is 5.63. The van der Waals surface area contributed by atoms with Gasteiger partial charge in [-0.3, -0.25) is 0 Å². The van der Waals surface area contributed by atoms with E-state index in [2.05, 4.69) is 22.5 Å². The first-order valence-corrected chi connectivity index (χ1v) is 1.96. The van der Waals surface area contributed by atoms with Gasteiger partial charge in [0.05, 0.1) is 6.26 Å². The Labute approximate surface area is 42.6 Å². The van der Waals surface area contributed by atoms with Crippen LogP contribution in [0, 0.1) is 0 Å². The molecule has 0 aliphatic heterocycles. The van der Waals surface area contributed by atoms with Crippen LogP contribution in [-0.2, 0) is 4.74 Å². The van der Waals surface area contributed by atoms with E-state index < -0.39 is 0 Å². The first-order valence-electron chi connectivity index (χ1n) is 1.55. The minimum atomic E-state index is 1.47. The van der Waals surface area contributed by atoms with E-state index in [-0.39, 0.29) is 0 Å². The largest absolute Gasteiger partial charge is 0.449 e. The molecule has 0 N–H and O–H groups in total. The summed E-state index contributed by atoms with van der Waals surface area (Å²) in [4.78, 5) is 0.